The van der Waals surface area contributed by atoms with Crippen LogP contribution in [-0.4, -0.2) is 21.5 Å². The maximum Gasteiger partial charge on any atom is 0.241 e. The van der Waals surface area contributed by atoms with Gasteiger partial charge in [0.2, 0.25) is 10.0 Å². The lowest BCUT2D eigenvalue weighted by atomic mass is 10.1. The van der Waals surface area contributed by atoms with Crippen LogP contribution in [0.25, 0.3) is 0 Å². The van der Waals surface area contributed by atoms with Crippen molar-refractivity contribution in [1.82, 2.24) is 4.72 Å². The Hall–Kier alpha value is -1.35. The monoisotopic (exact) mass is 306 g/mol. The number of aryl methyl sites for hydroxylation is 1. The first-order chi connectivity index (χ1) is 9.76. The van der Waals surface area contributed by atoms with Crippen LogP contribution in [0.4, 0.5) is 0 Å². The molecule has 1 aromatic carbocycles. The van der Waals surface area contributed by atoms with E-state index in [1.165, 1.54) is 0 Å². The molecule has 1 atom stereocenters. The van der Waals surface area contributed by atoms with E-state index < -0.39 is 10.0 Å². The molecule has 0 aliphatic heterocycles. The first kappa shape index (κ1) is 16.0. The number of rotatable bonds is 4. The summed E-state index contributed by atoms with van der Waals surface area (Å²) in [5, 5.41) is 0. The van der Waals surface area contributed by atoms with E-state index in [-0.39, 0.29) is 16.9 Å². The summed E-state index contributed by atoms with van der Waals surface area (Å²) in [6.45, 7) is 6.89. The van der Waals surface area contributed by atoms with Crippen molar-refractivity contribution in [1.29, 1.82) is 0 Å². The van der Waals surface area contributed by atoms with Crippen molar-refractivity contribution in [3.8, 4) is 11.8 Å². The van der Waals surface area contributed by atoms with Gasteiger partial charge in [-0.25, -0.2) is 13.1 Å². The van der Waals surface area contributed by atoms with Gasteiger partial charge in [-0.05, 0) is 42.4 Å². The number of nitrogens with one attached hydrogen (secondary N) is 1. The van der Waals surface area contributed by atoms with Crippen LogP contribution in [0.3, 0.4) is 0 Å². The van der Waals surface area contributed by atoms with Crippen molar-refractivity contribution in [2.75, 3.05) is 13.1 Å². The first-order valence-corrected chi connectivity index (χ1v) is 8.54. The molecule has 1 saturated carbocycles. The maximum atomic E-state index is 12.5. The average molecular weight is 306 g/mol. The van der Waals surface area contributed by atoms with Crippen LogP contribution < -0.4 is 10.5 Å². The van der Waals surface area contributed by atoms with Crippen LogP contribution >= 0.6 is 0 Å². The molecule has 4 nitrogen and oxygen atoms in total. The molecule has 114 valence electrons. The third-order valence-corrected chi connectivity index (χ3v) is 5.47. The number of sulfonamides is 1. The number of nitrogens with two attached hydrogens (primary N) is 1. The van der Waals surface area contributed by atoms with Gasteiger partial charge in [0.25, 0.3) is 0 Å². The lowest BCUT2D eigenvalue weighted by molar-refractivity contribution is 0.537. The minimum Gasteiger partial charge on any atom is -0.320 e. The second kappa shape index (κ2) is 5.80. The van der Waals surface area contributed by atoms with Gasteiger partial charge >= 0.3 is 0 Å². The molecule has 1 aliphatic carbocycles. The molecule has 0 amide bonds. The predicted octanol–water partition coefficient (Wildman–Crippen LogP) is 1.63. The zero-order chi connectivity index (χ0) is 15.7. The van der Waals surface area contributed by atoms with Crippen molar-refractivity contribution in [2.24, 2.45) is 17.1 Å². The Morgan fingerprint density at radius 1 is 1.43 bits per heavy atom. The molecule has 0 aromatic heterocycles. The van der Waals surface area contributed by atoms with E-state index in [0.29, 0.717) is 18.0 Å². The lowest BCUT2D eigenvalue weighted by Gasteiger charge is -2.10. The highest BCUT2D eigenvalue weighted by Crippen LogP contribution is 2.51. The third kappa shape index (κ3) is 3.85. The average Bonchev–Trinajstić information content (AvgIpc) is 3.01. The molecule has 0 spiro atoms. The summed E-state index contributed by atoms with van der Waals surface area (Å²) in [5.74, 6) is 5.98. The third-order valence-electron chi connectivity index (χ3n) is 3.99. The minimum atomic E-state index is -3.54. The minimum absolute atomic E-state index is 0.205. The van der Waals surface area contributed by atoms with Crippen LogP contribution in [0.5, 0.6) is 0 Å². The number of benzene rings is 1. The SMILES string of the molecule is Cc1ccc(S(=O)(=O)NCC2CC2(C)C)c(C#CCN)c1. The van der Waals surface area contributed by atoms with E-state index in [2.05, 4.69) is 30.4 Å². The normalized spacial score (nSPS) is 19.7. The zero-order valence-electron chi connectivity index (χ0n) is 12.7. The predicted molar refractivity (Wildman–Crippen MR) is 84.2 cm³/mol. The van der Waals surface area contributed by atoms with Crippen molar-refractivity contribution in [3.63, 3.8) is 0 Å². The Balaban J connectivity index is 2.23. The fourth-order valence-corrected chi connectivity index (χ4v) is 3.56. The quantitative estimate of drug-likeness (QED) is 0.831. The van der Waals surface area contributed by atoms with Crippen LogP contribution in [-0.2, 0) is 10.0 Å². The Labute approximate surface area is 127 Å². The van der Waals surface area contributed by atoms with Crippen LogP contribution in [0.2, 0.25) is 0 Å². The van der Waals surface area contributed by atoms with E-state index in [1.54, 1.807) is 18.2 Å². The van der Waals surface area contributed by atoms with E-state index in [4.69, 9.17) is 5.73 Å². The second-order valence-electron chi connectivity index (χ2n) is 6.25. The van der Waals surface area contributed by atoms with Gasteiger partial charge in [0.1, 0.15) is 0 Å². The molecule has 0 bridgehead atoms. The van der Waals surface area contributed by atoms with Gasteiger partial charge in [-0.1, -0.05) is 31.8 Å². The van der Waals surface area contributed by atoms with Gasteiger partial charge < -0.3 is 5.73 Å². The van der Waals surface area contributed by atoms with E-state index in [9.17, 15) is 8.42 Å². The van der Waals surface area contributed by atoms with Crippen LogP contribution in [0.15, 0.2) is 23.1 Å². The first-order valence-electron chi connectivity index (χ1n) is 7.05. The number of hydrogen-bond donors (Lipinski definition) is 2. The van der Waals surface area contributed by atoms with Crippen molar-refractivity contribution < 1.29 is 8.42 Å². The van der Waals surface area contributed by atoms with Gasteiger partial charge in [-0.15, -0.1) is 0 Å². The molecule has 0 radical (unpaired) electrons. The molecule has 1 fully saturated rings. The van der Waals surface area contributed by atoms with Gasteiger partial charge in [-0.2, -0.15) is 0 Å². The van der Waals surface area contributed by atoms with E-state index >= 15 is 0 Å². The summed E-state index contributed by atoms with van der Waals surface area (Å²) in [7, 11) is -3.54. The molecule has 0 heterocycles. The summed E-state index contributed by atoms with van der Waals surface area (Å²) < 4.78 is 27.6. The maximum absolute atomic E-state index is 12.5. The van der Waals surface area contributed by atoms with Gasteiger partial charge in [0.05, 0.1) is 11.4 Å². The van der Waals surface area contributed by atoms with Crippen molar-refractivity contribution in [3.05, 3.63) is 29.3 Å². The fraction of sp³-hybridized carbons (Fsp3) is 0.500. The highest BCUT2D eigenvalue weighted by molar-refractivity contribution is 7.89. The lowest BCUT2D eigenvalue weighted by Crippen LogP contribution is -2.27. The highest BCUT2D eigenvalue weighted by atomic mass is 32.2. The summed E-state index contributed by atoms with van der Waals surface area (Å²) in [6, 6.07) is 5.16. The Kier molecular flexibility index (Phi) is 4.43. The zero-order valence-corrected chi connectivity index (χ0v) is 13.5. The van der Waals surface area contributed by atoms with E-state index in [1.807, 2.05) is 6.92 Å². The number of hydrogen-bond acceptors (Lipinski definition) is 3. The van der Waals surface area contributed by atoms with Crippen molar-refractivity contribution in [2.45, 2.75) is 32.1 Å². The summed E-state index contributed by atoms with van der Waals surface area (Å²) in [4.78, 5) is 0.229. The topological polar surface area (TPSA) is 72.2 Å². The Morgan fingerprint density at radius 3 is 2.67 bits per heavy atom. The molecule has 2 rings (SSSR count). The highest BCUT2D eigenvalue weighted by Gasteiger charge is 2.45. The molecule has 1 aliphatic rings. The van der Waals surface area contributed by atoms with Crippen LogP contribution in [0.1, 0.15) is 31.4 Å². The summed E-state index contributed by atoms with van der Waals surface area (Å²) >= 11 is 0. The summed E-state index contributed by atoms with van der Waals surface area (Å²) in [5.41, 5.74) is 7.09. The van der Waals surface area contributed by atoms with Gasteiger partial charge in [-0.3, -0.25) is 0 Å². The van der Waals surface area contributed by atoms with Crippen molar-refractivity contribution >= 4 is 10.0 Å². The molecule has 0 saturated heterocycles. The van der Waals surface area contributed by atoms with Gasteiger partial charge in [0.15, 0.2) is 0 Å². The fourth-order valence-electron chi connectivity index (χ4n) is 2.33. The van der Waals surface area contributed by atoms with Gasteiger partial charge in [0, 0.05) is 12.1 Å². The second-order valence-corrected chi connectivity index (χ2v) is 7.98. The van der Waals surface area contributed by atoms with E-state index in [0.717, 1.165) is 12.0 Å². The molecule has 21 heavy (non-hydrogen) atoms. The Bertz CT molecular complexity index is 697. The summed E-state index contributed by atoms with van der Waals surface area (Å²) in [6.07, 6.45) is 1.06. The van der Waals surface area contributed by atoms with Crippen LogP contribution in [0, 0.1) is 30.1 Å². The molecule has 3 N–H and O–H groups in total. The molecular formula is C16H22N2O2S. The molecule has 1 aromatic rings. The standard InChI is InChI=1S/C16H22N2O2S/c1-12-6-7-15(13(9-12)5-4-8-17)21(19,20)18-11-14-10-16(14,2)3/h6-7,9,14,18H,8,10-11,17H2,1-3H3. The Morgan fingerprint density at radius 2 is 2.10 bits per heavy atom. The largest absolute Gasteiger partial charge is 0.320 e. The molecule has 1 unspecified atom stereocenters. The molecular weight excluding hydrogens is 284 g/mol. The molecule has 5 heteroatoms. The smallest absolute Gasteiger partial charge is 0.241 e.